The normalized spacial score (nSPS) is 10.8. The number of aromatic nitrogens is 2. The molecule has 2 aromatic heterocycles. The maximum absolute atomic E-state index is 5.76. The van der Waals surface area contributed by atoms with E-state index < -0.39 is 0 Å². The highest BCUT2D eigenvalue weighted by Gasteiger charge is 2.05. The Hall–Kier alpha value is -1.94. The molecule has 3 nitrogen and oxygen atoms in total. The summed E-state index contributed by atoms with van der Waals surface area (Å²) >= 11 is 1.63. The molecule has 0 aliphatic carbocycles. The predicted octanol–water partition coefficient (Wildman–Crippen LogP) is 2.86. The summed E-state index contributed by atoms with van der Waals surface area (Å²) in [7, 11) is 0. The van der Waals surface area contributed by atoms with Gasteiger partial charge in [-0.3, -0.25) is 0 Å². The van der Waals surface area contributed by atoms with E-state index >= 15 is 0 Å². The quantitative estimate of drug-likeness (QED) is 0.702. The Morgan fingerprint density at radius 1 is 1.18 bits per heavy atom. The van der Waals surface area contributed by atoms with Gasteiger partial charge in [0.25, 0.3) is 0 Å². The van der Waals surface area contributed by atoms with E-state index in [1.165, 1.54) is 5.56 Å². The van der Waals surface area contributed by atoms with Crippen LogP contribution in [0.2, 0.25) is 0 Å². The predicted molar refractivity (Wildman–Crippen MR) is 71.1 cm³/mol. The van der Waals surface area contributed by atoms with E-state index in [-0.39, 0.29) is 0 Å². The molecule has 3 aromatic rings. The van der Waals surface area contributed by atoms with Crippen molar-refractivity contribution in [3.8, 4) is 0 Å². The third-order valence-electron chi connectivity index (χ3n) is 2.52. The molecule has 1 aromatic carbocycles. The number of pyridine rings is 1. The fraction of sp³-hybridized carbons (Fsp3) is 0.0769. The minimum Gasteiger partial charge on any atom is -0.399 e. The van der Waals surface area contributed by atoms with E-state index in [1.54, 1.807) is 17.5 Å². The van der Waals surface area contributed by atoms with E-state index in [0.717, 1.165) is 27.5 Å². The second-order valence-corrected chi connectivity index (χ2v) is 4.92. The molecular weight excluding hydrogens is 230 g/mol. The second kappa shape index (κ2) is 4.14. The monoisotopic (exact) mass is 241 g/mol. The van der Waals surface area contributed by atoms with Crippen LogP contribution in [0.3, 0.4) is 0 Å². The van der Waals surface area contributed by atoms with Gasteiger partial charge in [0.15, 0.2) is 0 Å². The van der Waals surface area contributed by atoms with Crippen LogP contribution in [0.5, 0.6) is 0 Å². The van der Waals surface area contributed by atoms with Crippen molar-refractivity contribution in [1.82, 2.24) is 9.97 Å². The van der Waals surface area contributed by atoms with Crippen LogP contribution in [0.4, 0.5) is 5.69 Å². The second-order valence-electron chi connectivity index (χ2n) is 3.86. The Bertz CT molecular complexity index is 627. The summed E-state index contributed by atoms with van der Waals surface area (Å²) in [6.07, 6.45) is 2.61. The van der Waals surface area contributed by atoms with Crippen LogP contribution >= 0.6 is 11.3 Å². The van der Waals surface area contributed by atoms with Gasteiger partial charge >= 0.3 is 0 Å². The molecule has 17 heavy (non-hydrogen) atoms. The molecule has 0 amide bonds. The summed E-state index contributed by atoms with van der Waals surface area (Å²) in [5.74, 6) is 0. The molecular formula is C13H11N3S. The average Bonchev–Trinajstić information content (AvgIpc) is 2.71. The lowest BCUT2D eigenvalue weighted by atomic mass is 10.1. The smallest absolute Gasteiger partial charge is 0.143 e. The van der Waals surface area contributed by atoms with Gasteiger partial charge in [-0.25, -0.2) is 9.97 Å². The first-order chi connectivity index (χ1) is 8.31. The maximum Gasteiger partial charge on any atom is 0.143 e. The Kier molecular flexibility index (Phi) is 2.49. The molecule has 0 radical (unpaired) electrons. The number of rotatable bonds is 2. The van der Waals surface area contributed by atoms with Gasteiger partial charge in [0.05, 0.1) is 5.01 Å². The van der Waals surface area contributed by atoms with Crippen molar-refractivity contribution in [2.24, 2.45) is 0 Å². The molecule has 0 atom stereocenters. The Balaban J connectivity index is 1.94. The standard InChI is InChI=1S/C13H11N3S/c14-10-4-1-3-9(7-10)8-12-16-11-5-2-6-15-13(11)17-12/h1-7H,8,14H2. The van der Waals surface area contributed by atoms with E-state index in [0.29, 0.717) is 0 Å². The number of hydrogen-bond donors (Lipinski definition) is 1. The molecule has 0 saturated heterocycles. The van der Waals surface area contributed by atoms with Crippen LogP contribution < -0.4 is 5.73 Å². The Morgan fingerprint density at radius 2 is 2.12 bits per heavy atom. The minimum atomic E-state index is 0.793. The molecule has 0 unspecified atom stereocenters. The SMILES string of the molecule is Nc1cccc(Cc2nc3cccnc3s2)c1. The summed E-state index contributed by atoms with van der Waals surface area (Å²) in [6, 6.07) is 11.8. The fourth-order valence-corrected chi connectivity index (χ4v) is 2.71. The zero-order valence-corrected chi connectivity index (χ0v) is 9.95. The van der Waals surface area contributed by atoms with Crippen molar-refractivity contribution in [2.75, 3.05) is 5.73 Å². The van der Waals surface area contributed by atoms with Crippen LogP contribution in [0.1, 0.15) is 10.6 Å². The van der Waals surface area contributed by atoms with Gasteiger partial charge in [0.2, 0.25) is 0 Å². The zero-order valence-electron chi connectivity index (χ0n) is 9.13. The van der Waals surface area contributed by atoms with E-state index in [9.17, 15) is 0 Å². The molecule has 3 rings (SSSR count). The molecule has 4 heteroatoms. The van der Waals surface area contributed by atoms with Gasteiger partial charge in [-0.15, -0.1) is 0 Å². The average molecular weight is 241 g/mol. The van der Waals surface area contributed by atoms with Gasteiger partial charge in [-0.1, -0.05) is 23.5 Å². The number of nitrogens with zero attached hydrogens (tertiary/aromatic N) is 2. The third-order valence-corrected chi connectivity index (χ3v) is 3.50. The van der Waals surface area contributed by atoms with Gasteiger partial charge in [-0.2, -0.15) is 0 Å². The first kappa shape index (κ1) is 10.2. The summed E-state index contributed by atoms with van der Waals surface area (Å²) in [6.45, 7) is 0. The van der Waals surface area contributed by atoms with Crippen LogP contribution in [-0.2, 0) is 6.42 Å². The lowest BCUT2D eigenvalue weighted by Crippen LogP contribution is -1.90. The van der Waals surface area contributed by atoms with Crippen LogP contribution in [-0.4, -0.2) is 9.97 Å². The fourth-order valence-electron chi connectivity index (χ4n) is 1.77. The molecule has 84 valence electrons. The number of nitrogen functional groups attached to an aromatic ring is 1. The van der Waals surface area contributed by atoms with Crippen molar-refractivity contribution in [3.05, 3.63) is 53.2 Å². The van der Waals surface area contributed by atoms with Gasteiger partial charge in [-0.05, 0) is 29.8 Å². The first-order valence-corrected chi connectivity index (χ1v) is 6.18. The van der Waals surface area contributed by atoms with Crippen LogP contribution in [0.15, 0.2) is 42.6 Å². The van der Waals surface area contributed by atoms with Gasteiger partial charge < -0.3 is 5.73 Å². The van der Waals surface area contributed by atoms with Gasteiger partial charge in [0.1, 0.15) is 10.3 Å². The highest BCUT2D eigenvalue weighted by molar-refractivity contribution is 7.18. The van der Waals surface area contributed by atoms with Gasteiger partial charge in [0, 0.05) is 18.3 Å². The molecule has 0 aliphatic heterocycles. The zero-order chi connectivity index (χ0) is 11.7. The van der Waals surface area contributed by atoms with Crippen LogP contribution in [0, 0.1) is 0 Å². The summed E-state index contributed by atoms with van der Waals surface area (Å²) in [5, 5.41) is 1.07. The number of hydrogen-bond acceptors (Lipinski definition) is 4. The number of fused-ring (bicyclic) bond motifs is 1. The molecule has 2 heterocycles. The number of anilines is 1. The number of benzene rings is 1. The van der Waals surface area contributed by atoms with Crippen LogP contribution in [0.25, 0.3) is 10.3 Å². The minimum absolute atomic E-state index is 0.793. The highest BCUT2D eigenvalue weighted by atomic mass is 32.1. The molecule has 0 aliphatic rings. The van der Waals surface area contributed by atoms with Crippen molar-refractivity contribution in [1.29, 1.82) is 0 Å². The molecule has 0 saturated carbocycles. The summed E-state index contributed by atoms with van der Waals surface area (Å²) in [5.41, 5.74) is 8.70. The van der Waals surface area contributed by atoms with Crippen molar-refractivity contribution in [3.63, 3.8) is 0 Å². The van der Waals surface area contributed by atoms with E-state index in [1.807, 2.05) is 30.3 Å². The highest BCUT2D eigenvalue weighted by Crippen LogP contribution is 2.22. The van der Waals surface area contributed by atoms with Crippen molar-refractivity contribution >= 4 is 27.4 Å². The topological polar surface area (TPSA) is 51.8 Å². The van der Waals surface area contributed by atoms with E-state index in [4.69, 9.17) is 5.73 Å². The molecule has 0 spiro atoms. The number of nitrogens with two attached hydrogens (primary N) is 1. The van der Waals surface area contributed by atoms with Crippen molar-refractivity contribution < 1.29 is 0 Å². The molecule has 2 N–H and O–H groups in total. The maximum atomic E-state index is 5.76. The molecule has 0 fully saturated rings. The summed E-state index contributed by atoms with van der Waals surface area (Å²) in [4.78, 5) is 9.84. The van der Waals surface area contributed by atoms with Crippen molar-refractivity contribution in [2.45, 2.75) is 6.42 Å². The molecule has 0 bridgehead atoms. The number of thiazole rings is 1. The first-order valence-electron chi connectivity index (χ1n) is 5.36. The Labute approximate surface area is 103 Å². The lowest BCUT2D eigenvalue weighted by Gasteiger charge is -1.98. The largest absolute Gasteiger partial charge is 0.399 e. The lowest BCUT2D eigenvalue weighted by molar-refractivity contribution is 1.16. The third kappa shape index (κ3) is 2.12. The Morgan fingerprint density at radius 3 is 2.94 bits per heavy atom. The van der Waals surface area contributed by atoms with E-state index in [2.05, 4.69) is 16.0 Å². The summed E-state index contributed by atoms with van der Waals surface area (Å²) < 4.78 is 0.